The molecule has 3 nitrogen and oxygen atoms in total. The van der Waals surface area contributed by atoms with Crippen molar-refractivity contribution in [1.29, 1.82) is 0 Å². The highest BCUT2D eigenvalue weighted by Crippen LogP contribution is 2.26. The molecule has 2 aromatic carbocycles. The Morgan fingerprint density at radius 2 is 1.25 bits per heavy atom. The topological polar surface area (TPSA) is 35.5 Å². The summed E-state index contributed by atoms with van der Waals surface area (Å²) in [5.74, 6) is 1.50. The molecule has 0 aliphatic carbocycles. The lowest BCUT2D eigenvalue weighted by atomic mass is 10.0. The Hall–Kier alpha value is -1.71. The van der Waals surface area contributed by atoms with E-state index in [4.69, 9.17) is 32.7 Å². The third kappa shape index (κ3) is 5.15. The second kappa shape index (κ2) is 8.95. The van der Waals surface area contributed by atoms with Crippen molar-refractivity contribution >= 4 is 29.0 Å². The van der Waals surface area contributed by atoms with Crippen LogP contribution >= 0.6 is 23.2 Å². The van der Waals surface area contributed by atoms with E-state index in [0.29, 0.717) is 47.2 Å². The molecular weight excluding hydrogens is 347 g/mol. The van der Waals surface area contributed by atoms with E-state index in [1.54, 1.807) is 14.2 Å². The van der Waals surface area contributed by atoms with Gasteiger partial charge in [-0.25, -0.2) is 0 Å². The van der Waals surface area contributed by atoms with Crippen LogP contribution in [0.3, 0.4) is 0 Å². The minimum Gasteiger partial charge on any atom is -0.495 e. The smallest absolute Gasteiger partial charge is 0.137 e. The first-order valence-corrected chi connectivity index (χ1v) is 8.45. The maximum absolute atomic E-state index is 12.1. The Balaban J connectivity index is 1.83. The summed E-state index contributed by atoms with van der Waals surface area (Å²) in [6, 6.07) is 11.2. The number of hydrogen-bond acceptors (Lipinski definition) is 3. The van der Waals surface area contributed by atoms with Gasteiger partial charge in [-0.2, -0.15) is 0 Å². The summed E-state index contributed by atoms with van der Waals surface area (Å²) >= 11 is 12.2. The van der Waals surface area contributed by atoms with Gasteiger partial charge in [0.25, 0.3) is 0 Å². The normalized spacial score (nSPS) is 10.5. The number of Topliss-reactive ketones (excluding diaryl/α,β-unsaturated/α-hetero) is 1. The quantitative estimate of drug-likeness (QED) is 0.648. The van der Waals surface area contributed by atoms with E-state index < -0.39 is 0 Å². The van der Waals surface area contributed by atoms with Crippen LogP contribution in [0.25, 0.3) is 0 Å². The van der Waals surface area contributed by atoms with E-state index in [0.717, 1.165) is 11.1 Å². The molecule has 0 aliphatic rings. The first kappa shape index (κ1) is 18.6. The van der Waals surface area contributed by atoms with Crippen LogP contribution in [0.1, 0.15) is 24.0 Å². The summed E-state index contributed by atoms with van der Waals surface area (Å²) in [6.45, 7) is 0. The van der Waals surface area contributed by atoms with Gasteiger partial charge in [0.15, 0.2) is 0 Å². The van der Waals surface area contributed by atoms with Gasteiger partial charge in [-0.1, -0.05) is 35.3 Å². The number of benzene rings is 2. The third-order valence-corrected chi connectivity index (χ3v) is 4.41. The molecule has 0 spiro atoms. The van der Waals surface area contributed by atoms with E-state index in [9.17, 15) is 4.79 Å². The average molecular weight is 367 g/mol. The minimum atomic E-state index is 0.217. The van der Waals surface area contributed by atoms with Gasteiger partial charge >= 0.3 is 0 Å². The molecule has 2 rings (SSSR count). The van der Waals surface area contributed by atoms with Gasteiger partial charge in [0.2, 0.25) is 0 Å². The maximum Gasteiger partial charge on any atom is 0.137 e. The Kier molecular flexibility index (Phi) is 6.95. The van der Waals surface area contributed by atoms with Crippen LogP contribution in [0.4, 0.5) is 0 Å². The van der Waals surface area contributed by atoms with Crippen molar-refractivity contribution in [3.63, 3.8) is 0 Å². The molecule has 0 aliphatic heterocycles. The number of carbonyl (C=O) groups excluding carboxylic acids is 1. The van der Waals surface area contributed by atoms with Crippen LogP contribution in [-0.4, -0.2) is 20.0 Å². The van der Waals surface area contributed by atoms with Crippen molar-refractivity contribution in [3.8, 4) is 11.5 Å². The summed E-state index contributed by atoms with van der Waals surface area (Å²) in [4.78, 5) is 12.1. The van der Waals surface area contributed by atoms with Crippen molar-refractivity contribution in [2.45, 2.75) is 25.7 Å². The van der Waals surface area contributed by atoms with Crippen molar-refractivity contribution in [2.75, 3.05) is 14.2 Å². The van der Waals surface area contributed by atoms with Crippen LogP contribution in [0.2, 0.25) is 10.0 Å². The lowest BCUT2D eigenvalue weighted by Crippen LogP contribution is -2.02. The monoisotopic (exact) mass is 366 g/mol. The highest BCUT2D eigenvalue weighted by Gasteiger charge is 2.07. The van der Waals surface area contributed by atoms with Gasteiger partial charge in [0.1, 0.15) is 17.3 Å². The van der Waals surface area contributed by atoms with E-state index in [-0.39, 0.29) is 5.78 Å². The van der Waals surface area contributed by atoms with E-state index in [2.05, 4.69) is 0 Å². The van der Waals surface area contributed by atoms with Gasteiger partial charge in [-0.05, 0) is 48.2 Å². The molecule has 5 heteroatoms. The van der Waals surface area contributed by atoms with Crippen molar-refractivity contribution in [1.82, 2.24) is 0 Å². The summed E-state index contributed by atoms with van der Waals surface area (Å²) < 4.78 is 10.2. The first-order valence-electron chi connectivity index (χ1n) is 7.70. The van der Waals surface area contributed by atoms with Gasteiger partial charge in [-0.15, -0.1) is 0 Å². The summed E-state index contributed by atoms with van der Waals surface area (Å²) in [5.41, 5.74) is 2.06. The Morgan fingerprint density at radius 3 is 1.58 bits per heavy atom. The van der Waals surface area contributed by atoms with Crippen LogP contribution in [0.5, 0.6) is 11.5 Å². The molecule has 0 fully saturated rings. The zero-order valence-electron chi connectivity index (χ0n) is 13.8. The van der Waals surface area contributed by atoms with E-state index >= 15 is 0 Å². The lowest BCUT2D eigenvalue weighted by Gasteiger charge is -2.07. The molecule has 0 radical (unpaired) electrons. The number of halogens is 2. The largest absolute Gasteiger partial charge is 0.495 e. The van der Waals surface area contributed by atoms with Gasteiger partial charge in [0, 0.05) is 12.8 Å². The highest BCUT2D eigenvalue weighted by molar-refractivity contribution is 6.32. The molecule has 0 unspecified atom stereocenters. The number of aryl methyl sites for hydroxylation is 2. The summed E-state index contributed by atoms with van der Waals surface area (Å²) in [7, 11) is 3.16. The number of rotatable bonds is 8. The molecule has 128 valence electrons. The van der Waals surface area contributed by atoms with Crippen molar-refractivity contribution in [3.05, 3.63) is 57.6 Å². The third-order valence-electron chi connectivity index (χ3n) is 3.82. The zero-order valence-corrected chi connectivity index (χ0v) is 15.3. The second-order valence-electron chi connectivity index (χ2n) is 5.48. The Labute approximate surface area is 152 Å². The molecule has 24 heavy (non-hydrogen) atoms. The number of carbonyl (C=O) groups is 1. The van der Waals surface area contributed by atoms with Crippen molar-refractivity contribution in [2.24, 2.45) is 0 Å². The zero-order chi connectivity index (χ0) is 17.5. The Morgan fingerprint density at radius 1 is 0.833 bits per heavy atom. The molecule has 0 bridgehead atoms. The van der Waals surface area contributed by atoms with Crippen LogP contribution in [-0.2, 0) is 17.6 Å². The highest BCUT2D eigenvalue weighted by atomic mass is 35.5. The van der Waals surface area contributed by atoms with E-state index in [1.807, 2.05) is 36.4 Å². The number of hydrogen-bond donors (Lipinski definition) is 0. The molecule has 0 saturated carbocycles. The molecule has 2 aromatic rings. The van der Waals surface area contributed by atoms with Gasteiger partial charge in [-0.3, -0.25) is 4.79 Å². The molecule has 0 saturated heterocycles. The predicted octanol–water partition coefficient (Wildman–Crippen LogP) is 5.15. The number of ether oxygens (including phenoxy) is 2. The number of ketones is 1. The van der Waals surface area contributed by atoms with Gasteiger partial charge in [0.05, 0.1) is 24.3 Å². The average Bonchev–Trinajstić information content (AvgIpc) is 2.58. The predicted molar refractivity (Wildman–Crippen MR) is 97.7 cm³/mol. The standard InChI is InChI=1S/C19H20Cl2O3/c1-23-18-9-5-13(11-16(18)20)3-7-15(22)8-4-14-6-10-19(24-2)17(21)12-14/h5-6,9-12H,3-4,7-8H2,1-2H3. The van der Waals surface area contributed by atoms with Crippen LogP contribution in [0, 0.1) is 0 Å². The van der Waals surface area contributed by atoms with Gasteiger partial charge < -0.3 is 9.47 Å². The summed E-state index contributed by atoms with van der Waals surface area (Å²) in [6.07, 6.45) is 2.33. The minimum absolute atomic E-state index is 0.217. The molecule has 0 atom stereocenters. The molecule has 0 aromatic heterocycles. The van der Waals surface area contributed by atoms with E-state index in [1.165, 1.54) is 0 Å². The molecule has 0 amide bonds. The fourth-order valence-electron chi connectivity index (χ4n) is 2.42. The van der Waals surface area contributed by atoms with Crippen molar-refractivity contribution < 1.29 is 14.3 Å². The fourth-order valence-corrected chi connectivity index (χ4v) is 2.98. The molecule has 0 heterocycles. The van der Waals surface area contributed by atoms with Crippen LogP contribution < -0.4 is 9.47 Å². The second-order valence-corrected chi connectivity index (χ2v) is 6.29. The fraction of sp³-hybridized carbons (Fsp3) is 0.316. The summed E-state index contributed by atoms with van der Waals surface area (Å²) in [5, 5.41) is 1.13. The first-order chi connectivity index (χ1) is 11.5. The molecular formula is C19H20Cl2O3. The SMILES string of the molecule is COc1ccc(CCC(=O)CCc2ccc(OC)c(Cl)c2)cc1Cl. The maximum atomic E-state index is 12.1. The molecule has 0 N–H and O–H groups in total. The Bertz CT molecular complexity index is 654. The lowest BCUT2D eigenvalue weighted by molar-refractivity contribution is -0.119. The van der Waals surface area contributed by atoms with Crippen LogP contribution in [0.15, 0.2) is 36.4 Å². The number of methoxy groups -OCH3 is 2.